The lowest BCUT2D eigenvalue weighted by Crippen LogP contribution is -1.71. The summed E-state index contributed by atoms with van der Waals surface area (Å²) in [6.45, 7) is 3.35. The largest absolute Gasteiger partial charge is 0.298 e. The van der Waals surface area contributed by atoms with E-state index >= 15 is 0 Å². The molecule has 0 aromatic rings. The van der Waals surface area contributed by atoms with E-state index in [-0.39, 0.29) is 0 Å². The van der Waals surface area contributed by atoms with Crippen LogP contribution in [0.2, 0.25) is 0 Å². The van der Waals surface area contributed by atoms with E-state index in [0.29, 0.717) is 11.9 Å². The van der Waals surface area contributed by atoms with E-state index in [1.165, 1.54) is 11.5 Å². The maximum Gasteiger partial charge on any atom is 0.150 e. The van der Waals surface area contributed by atoms with Crippen molar-refractivity contribution in [2.24, 2.45) is 0 Å². The number of thiol groups is 1. The first-order valence-electron chi connectivity index (χ1n) is 1.77. The van der Waals surface area contributed by atoms with Gasteiger partial charge in [-0.05, 0) is 5.41 Å². The minimum Gasteiger partial charge on any atom is -0.298 e. The van der Waals surface area contributed by atoms with Gasteiger partial charge >= 0.3 is 0 Å². The van der Waals surface area contributed by atoms with E-state index in [2.05, 4.69) is 19.2 Å². The SMILES string of the molecule is C=C/C(C=O)=C\S. The van der Waals surface area contributed by atoms with E-state index in [4.69, 9.17) is 0 Å². The van der Waals surface area contributed by atoms with Crippen LogP contribution in [0.3, 0.4) is 0 Å². The van der Waals surface area contributed by atoms with Crippen molar-refractivity contribution in [1.82, 2.24) is 0 Å². The van der Waals surface area contributed by atoms with Crippen molar-refractivity contribution < 1.29 is 4.79 Å². The predicted molar refractivity (Wildman–Crippen MR) is 33.3 cm³/mol. The average Bonchev–Trinajstić information content (AvgIpc) is 1.72. The molecule has 0 aliphatic carbocycles. The number of carbonyl (C=O) groups excluding carboxylic acids is 1. The monoisotopic (exact) mass is 114 g/mol. The Morgan fingerprint density at radius 2 is 2.29 bits per heavy atom. The quantitative estimate of drug-likeness (QED) is 0.247. The molecular formula is C5H6OS. The summed E-state index contributed by atoms with van der Waals surface area (Å²) in [7, 11) is 0. The Morgan fingerprint density at radius 3 is 2.29 bits per heavy atom. The van der Waals surface area contributed by atoms with Crippen LogP contribution in [0.25, 0.3) is 0 Å². The highest BCUT2D eigenvalue weighted by Crippen LogP contribution is 1.90. The number of hydrogen-bond acceptors (Lipinski definition) is 2. The van der Waals surface area contributed by atoms with Crippen molar-refractivity contribution in [3.63, 3.8) is 0 Å². The van der Waals surface area contributed by atoms with Gasteiger partial charge in [-0.3, -0.25) is 4.79 Å². The zero-order chi connectivity index (χ0) is 5.70. The Balaban J connectivity index is 3.85. The highest BCUT2D eigenvalue weighted by Gasteiger charge is 1.78. The van der Waals surface area contributed by atoms with Gasteiger partial charge in [0.15, 0.2) is 6.29 Å². The molecule has 0 saturated carbocycles. The fraction of sp³-hybridized carbons (Fsp3) is 0. The van der Waals surface area contributed by atoms with E-state index in [9.17, 15) is 4.79 Å². The Morgan fingerprint density at radius 1 is 1.71 bits per heavy atom. The van der Waals surface area contributed by atoms with Crippen LogP contribution in [0.5, 0.6) is 0 Å². The molecule has 0 N–H and O–H groups in total. The molecule has 0 rings (SSSR count). The number of rotatable bonds is 2. The van der Waals surface area contributed by atoms with Crippen LogP contribution in [0.4, 0.5) is 0 Å². The van der Waals surface area contributed by atoms with Gasteiger partial charge in [0.05, 0.1) is 0 Å². The lowest BCUT2D eigenvalue weighted by molar-refractivity contribution is -0.104. The summed E-state index contributed by atoms with van der Waals surface area (Å²) in [6, 6.07) is 0. The molecule has 38 valence electrons. The Kier molecular flexibility index (Phi) is 3.42. The molecule has 0 bridgehead atoms. The predicted octanol–water partition coefficient (Wildman–Crippen LogP) is 1.18. The standard InChI is InChI=1S/C5H6OS/c1-2-5(3-6)4-7/h2-4,7H,1H2/b5-4+. The molecule has 0 amide bonds. The zero-order valence-corrected chi connectivity index (χ0v) is 4.69. The summed E-state index contributed by atoms with van der Waals surface area (Å²) in [5.74, 6) is 0. The van der Waals surface area contributed by atoms with E-state index in [1.807, 2.05) is 0 Å². The summed E-state index contributed by atoms with van der Waals surface area (Å²) in [4.78, 5) is 9.78. The topological polar surface area (TPSA) is 17.1 Å². The lowest BCUT2D eigenvalue weighted by Gasteiger charge is -1.77. The molecule has 0 aromatic heterocycles. The lowest BCUT2D eigenvalue weighted by atomic mass is 10.3. The molecule has 0 aromatic carbocycles. The Bertz CT molecular complexity index is 94.6. The van der Waals surface area contributed by atoms with Crippen molar-refractivity contribution in [2.45, 2.75) is 0 Å². The third-order valence-corrected chi connectivity index (χ3v) is 0.819. The van der Waals surface area contributed by atoms with Gasteiger partial charge in [0.1, 0.15) is 0 Å². The summed E-state index contributed by atoms with van der Waals surface area (Å²) >= 11 is 3.71. The highest BCUT2D eigenvalue weighted by atomic mass is 32.1. The van der Waals surface area contributed by atoms with Gasteiger partial charge in [-0.2, -0.15) is 12.6 Å². The summed E-state index contributed by atoms with van der Waals surface area (Å²) in [6.07, 6.45) is 2.14. The molecule has 0 aliphatic rings. The second kappa shape index (κ2) is 3.68. The second-order valence-corrected chi connectivity index (χ2v) is 1.21. The number of carbonyl (C=O) groups is 1. The van der Waals surface area contributed by atoms with Gasteiger partial charge in [-0.25, -0.2) is 0 Å². The van der Waals surface area contributed by atoms with E-state index in [1.54, 1.807) is 0 Å². The fourth-order valence-electron chi connectivity index (χ4n) is 0.131. The van der Waals surface area contributed by atoms with Gasteiger partial charge in [-0.15, -0.1) is 0 Å². The van der Waals surface area contributed by atoms with Gasteiger partial charge in [0.2, 0.25) is 0 Å². The summed E-state index contributed by atoms with van der Waals surface area (Å²) in [5.41, 5.74) is 0.503. The van der Waals surface area contributed by atoms with Crippen molar-refractivity contribution >= 4 is 18.9 Å². The average molecular weight is 114 g/mol. The number of aldehydes is 1. The van der Waals surface area contributed by atoms with Gasteiger partial charge in [-0.1, -0.05) is 12.7 Å². The summed E-state index contributed by atoms with van der Waals surface area (Å²) in [5, 5.41) is 1.40. The molecule has 0 spiro atoms. The smallest absolute Gasteiger partial charge is 0.150 e. The molecule has 0 radical (unpaired) electrons. The Labute approximate surface area is 48.1 Å². The first-order valence-corrected chi connectivity index (χ1v) is 2.28. The van der Waals surface area contributed by atoms with Crippen molar-refractivity contribution in [2.75, 3.05) is 0 Å². The minimum absolute atomic E-state index is 0.503. The third kappa shape index (κ3) is 2.23. The van der Waals surface area contributed by atoms with Crippen LogP contribution in [-0.2, 0) is 4.79 Å². The molecule has 0 unspecified atom stereocenters. The molecule has 1 nitrogen and oxygen atoms in total. The van der Waals surface area contributed by atoms with Crippen LogP contribution in [0.1, 0.15) is 0 Å². The molecule has 0 aliphatic heterocycles. The van der Waals surface area contributed by atoms with Gasteiger partial charge in [0, 0.05) is 5.57 Å². The van der Waals surface area contributed by atoms with Crippen LogP contribution < -0.4 is 0 Å². The van der Waals surface area contributed by atoms with E-state index < -0.39 is 0 Å². The third-order valence-electron chi connectivity index (χ3n) is 0.521. The van der Waals surface area contributed by atoms with Crippen molar-refractivity contribution in [3.05, 3.63) is 23.6 Å². The molecule has 0 fully saturated rings. The number of allylic oxidation sites excluding steroid dienone is 2. The normalized spacial score (nSPS) is 10.7. The zero-order valence-electron chi connectivity index (χ0n) is 3.79. The fourth-order valence-corrected chi connectivity index (χ4v) is 0.298. The molecule has 0 atom stereocenters. The molecule has 0 heterocycles. The molecular weight excluding hydrogens is 108 g/mol. The highest BCUT2D eigenvalue weighted by molar-refractivity contribution is 7.83. The van der Waals surface area contributed by atoms with Crippen LogP contribution in [0.15, 0.2) is 23.6 Å². The maximum atomic E-state index is 9.78. The van der Waals surface area contributed by atoms with Crippen molar-refractivity contribution in [3.8, 4) is 0 Å². The molecule has 2 heteroatoms. The van der Waals surface area contributed by atoms with Crippen LogP contribution in [-0.4, -0.2) is 6.29 Å². The molecule has 0 saturated heterocycles. The van der Waals surface area contributed by atoms with Gasteiger partial charge in [0.25, 0.3) is 0 Å². The van der Waals surface area contributed by atoms with Gasteiger partial charge < -0.3 is 0 Å². The molecule has 7 heavy (non-hydrogen) atoms. The number of hydrogen-bond donors (Lipinski definition) is 1. The second-order valence-electron chi connectivity index (χ2n) is 0.951. The maximum absolute atomic E-state index is 9.78. The van der Waals surface area contributed by atoms with Crippen LogP contribution in [0, 0.1) is 0 Å². The Hall–Kier alpha value is -0.500. The first kappa shape index (κ1) is 6.50. The summed E-state index contributed by atoms with van der Waals surface area (Å²) < 4.78 is 0. The van der Waals surface area contributed by atoms with Crippen molar-refractivity contribution in [1.29, 1.82) is 0 Å². The minimum atomic E-state index is 0.503. The van der Waals surface area contributed by atoms with Crippen LogP contribution >= 0.6 is 12.6 Å². The van der Waals surface area contributed by atoms with E-state index in [0.717, 1.165) is 0 Å². The first-order chi connectivity index (χ1) is 3.35.